The minimum Gasteiger partial charge on any atom is -0.488 e. The second kappa shape index (κ2) is 14.8. The van der Waals surface area contributed by atoms with E-state index >= 15 is 0 Å². The molecule has 1 aliphatic rings. The van der Waals surface area contributed by atoms with Crippen molar-refractivity contribution in [3.05, 3.63) is 205 Å². The Morgan fingerprint density at radius 2 is 0.672 bits per heavy atom. The van der Waals surface area contributed by atoms with Gasteiger partial charge in [-0.15, -0.1) is 0 Å². The highest BCUT2D eigenvalue weighted by atomic mass is 32.2. The molecule has 0 N–H and O–H groups in total. The molecule has 11 rings (SSSR count). The molecule has 0 spiro atoms. The van der Waals surface area contributed by atoms with Gasteiger partial charge in [0.1, 0.15) is 24.7 Å². The van der Waals surface area contributed by atoms with Crippen molar-refractivity contribution >= 4 is 66.6 Å². The molecule has 10 aromatic carbocycles. The summed E-state index contributed by atoms with van der Waals surface area (Å²) in [5.41, 5.74) is 6.98. The maximum Gasteiger partial charge on any atom is 0.128 e. The van der Waals surface area contributed by atoms with Gasteiger partial charge in [0.05, 0.1) is 0 Å². The number of fused-ring (bicyclic) bond motifs is 6. The summed E-state index contributed by atoms with van der Waals surface area (Å²) in [7, 11) is 0. The van der Waals surface area contributed by atoms with E-state index in [9.17, 15) is 0 Å². The summed E-state index contributed by atoms with van der Waals surface area (Å²) in [6.07, 6.45) is 0. The van der Waals surface area contributed by atoms with Crippen LogP contribution in [-0.4, -0.2) is 0 Å². The zero-order valence-corrected chi connectivity index (χ0v) is 33.2. The van der Waals surface area contributed by atoms with E-state index in [0.29, 0.717) is 13.2 Å². The Bertz CT molecular complexity index is 2980. The molecule has 58 heavy (non-hydrogen) atoms. The Morgan fingerprint density at radius 1 is 0.310 bits per heavy atom. The highest BCUT2D eigenvalue weighted by Crippen LogP contribution is 2.52. The average molecular weight is 781 g/mol. The van der Waals surface area contributed by atoms with Crippen LogP contribution >= 0.6 is 23.5 Å². The summed E-state index contributed by atoms with van der Waals surface area (Å²) >= 11 is 3.66. The van der Waals surface area contributed by atoms with Gasteiger partial charge in [0.15, 0.2) is 0 Å². The molecule has 0 bridgehead atoms. The van der Waals surface area contributed by atoms with E-state index in [1.165, 1.54) is 84.9 Å². The first-order valence-electron chi connectivity index (χ1n) is 19.6. The van der Waals surface area contributed by atoms with Gasteiger partial charge in [-0.1, -0.05) is 193 Å². The van der Waals surface area contributed by atoms with Crippen molar-refractivity contribution in [3.63, 3.8) is 0 Å². The molecule has 10 aromatic rings. The Kier molecular flexibility index (Phi) is 8.87. The van der Waals surface area contributed by atoms with E-state index in [4.69, 9.17) is 9.47 Å². The van der Waals surface area contributed by atoms with Gasteiger partial charge in [0.2, 0.25) is 0 Å². The second-order valence-electron chi connectivity index (χ2n) is 14.6. The topological polar surface area (TPSA) is 18.5 Å². The van der Waals surface area contributed by atoms with Crippen molar-refractivity contribution in [1.29, 1.82) is 0 Å². The second-order valence-corrected chi connectivity index (χ2v) is 16.7. The van der Waals surface area contributed by atoms with Crippen molar-refractivity contribution in [2.24, 2.45) is 0 Å². The molecule has 0 radical (unpaired) electrons. The first-order valence-corrected chi connectivity index (χ1v) is 21.2. The third-order valence-electron chi connectivity index (χ3n) is 11.2. The monoisotopic (exact) mass is 780 g/mol. The molecule has 0 saturated carbocycles. The Hall–Kier alpha value is -6.46. The van der Waals surface area contributed by atoms with Crippen molar-refractivity contribution in [1.82, 2.24) is 0 Å². The van der Waals surface area contributed by atoms with Crippen molar-refractivity contribution in [3.8, 4) is 33.8 Å². The fourth-order valence-corrected chi connectivity index (χ4v) is 11.0. The van der Waals surface area contributed by atoms with Crippen LogP contribution in [0.15, 0.2) is 214 Å². The van der Waals surface area contributed by atoms with Crippen LogP contribution in [0.25, 0.3) is 65.3 Å². The minimum absolute atomic E-state index is 0.462. The van der Waals surface area contributed by atoms with E-state index in [0.717, 1.165) is 22.6 Å². The number of hydrogen-bond acceptors (Lipinski definition) is 4. The lowest BCUT2D eigenvalue weighted by atomic mass is 9.93. The quantitative estimate of drug-likeness (QED) is 0.153. The average Bonchev–Trinajstić information content (AvgIpc) is 3.29. The summed E-state index contributed by atoms with van der Waals surface area (Å²) in [4.78, 5) is 4.97. The molecule has 4 heteroatoms. The number of rotatable bonds is 8. The number of hydrogen-bond donors (Lipinski definition) is 0. The van der Waals surface area contributed by atoms with Crippen LogP contribution in [0.2, 0.25) is 0 Å². The molecule has 2 nitrogen and oxygen atoms in total. The molecule has 0 amide bonds. The fraction of sp³-hybridized carbons (Fsp3) is 0.0370. The molecule has 0 saturated heterocycles. The highest BCUT2D eigenvalue weighted by Gasteiger charge is 2.24. The summed E-state index contributed by atoms with van der Waals surface area (Å²) in [5.74, 6) is 1.77. The van der Waals surface area contributed by atoms with Crippen LogP contribution in [0.4, 0.5) is 0 Å². The molecule has 1 aliphatic heterocycles. The molecular formula is C54H36O2S2. The molecule has 0 aliphatic carbocycles. The lowest BCUT2D eigenvalue weighted by Gasteiger charge is -2.24. The summed E-state index contributed by atoms with van der Waals surface area (Å²) in [6.45, 7) is 0.924. The van der Waals surface area contributed by atoms with E-state index in [1.807, 2.05) is 23.5 Å². The third kappa shape index (κ3) is 6.17. The van der Waals surface area contributed by atoms with Crippen LogP contribution in [0, 0.1) is 0 Å². The molecule has 1 heterocycles. The fourth-order valence-electron chi connectivity index (χ4n) is 8.46. The number of ether oxygens (including phenoxy) is 2. The van der Waals surface area contributed by atoms with E-state index in [2.05, 4.69) is 194 Å². The standard InChI is InChI=1S/C54H36O2S2/c1-5-21-41-35(13-1)17-9-25-45(41)51-43-23-7-3-15-37(43)29-31-47(51)55-33-39-19-11-27-49-53(39)57-50-28-12-20-40(54(50)58-49)34-56-48-32-30-38-16-4-8-24-44(38)52(48)46-26-10-18-36-14-2-6-22-42(36)46/h1-32H,33-34H2. The Labute approximate surface area is 346 Å². The Balaban J connectivity index is 0.902. The number of benzene rings is 10. The largest absolute Gasteiger partial charge is 0.488 e. The SMILES string of the molecule is c1cc(COc2ccc3ccccc3c2-c2cccc3ccccc23)c2c(c1)Sc1c(COc3ccc4ccccc4c3-c3cccc4ccccc34)cccc1S2. The van der Waals surface area contributed by atoms with Crippen molar-refractivity contribution in [2.45, 2.75) is 32.8 Å². The molecule has 0 fully saturated rings. The van der Waals surface area contributed by atoms with Gasteiger partial charge in [-0.25, -0.2) is 0 Å². The van der Waals surface area contributed by atoms with Crippen LogP contribution in [0.1, 0.15) is 11.1 Å². The first kappa shape index (κ1) is 34.8. The van der Waals surface area contributed by atoms with Gasteiger partial charge in [-0.05, 0) is 78.5 Å². The van der Waals surface area contributed by atoms with Gasteiger partial charge < -0.3 is 9.47 Å². The third-order valence-corrected chi connectivity index (χ3v) is 14.0. The molecular weight excluding hydrogens is 745 g/mol. The van der Waals surface area contributed by atoms with Crippen LogP contribution in [-0.2, 0) is 13.2 Å². The predicted molar refractivity (Wildman–Crippen MR) is 244 cm³/mol. The van der Waals surface area contributed by atoms with Crippen molar-refractivity contribution < 1.29 is 9.47 Å². The molecule has 0 unspecified atom stereocenters. The molecule has 0 aromatic heterocycles. The summed E-state index contributed by atoms with van der Waals surface area (Å²) in [6, 6.07) is 69.3. The lowest BCUT2D eigenvalue weighted by molar-refractivity contribution is 0.303. The first-order chi connectivity index (χ1) is 28.8. The highest BCUT2D eigenvalue weighted by molar-refractivity contribution is 8.05. The minimum atomic E-state index is 0.462. The summed E-state index contributed by atoms with van der Waals surface area (Å²) in [5, 5.41) is 9.65. The molecule has 276 valence electrons. The van der Waals surface area contributed by atoms with E-state index in [1.54, 1.807) is 0 Å². The van der Waals surface area contributed by atoms with Gasteiger partial charge in [-0.3, -0.25) is 0 Å². The van der Waals surface area contributed by atoms with Gasteiger partial charge in [0, 0.05) is 41.8 Å². The van der Waals surface area contributed by atoms with E-state index < -0.39 is 0 Å². The zero-order valence-electron chi connectivity index (χ0n) is 31.5. The van der Waals surface area contributed by atoms with Crippen LogP contribution < -0.4 is 9.47 Å². The maximum absolute atomic E-state index is 6.86. The predicted octanol–water partition coefficient (Wildman–Crippen LogP) is 15.4. The zero-order chi connectivity index (χ0) is 38.4. The van der Waals surface area contributed by atoms with Gasteiger partial charge >= 0.3 is 0 Å². The molecule has 0 atom stereocenters. The van der Waals surface area contributed by atoms with Crippen molar-refractivity contribution in [2.75, 3.05) is 0 Å². The van der Waals surface area contributed by atoms with E-state index in [-0.39, 0.29) is 0 Å². The smallest absolute Gasteiger partial charge is 0.128 e. The maximum atomic E-state index is 6.86. The van der Waals surface area contributed by atoms with Crippen LogP contribution in [0.5, 0.6) is 11.5 Å². The normalized spacial score (nSPS) is 12.1. The summed E-state index contributed by atoms with van der Waals surface area (Å²) < 4.78 is 13.7. The van der Waals surface area contributed by atoms with Crippen LogP contribution in [0.3, 0.4) is 0 Å². The lowest BCUT2D eigenvalue weighted by Crippen LogP contribution is -2.04. The Morgan fingerprint density at radius 3 is 1.12 bits per heavy atom. The van der Waals surface area contributed by atoms with Gasteiger partial charge in [-0.2, -0.15) is 0 Å². The van der Waals surface area contributed by atoms with Gasteiger partial charge in [0.25, 0.3) is 0 Å².